The molecule has 0 heterocycles. The maximum absolute atomic E-state index is 13.1. The van der Waals surface area contributed by atoms with Crippen LogP contribution in [0.3, 0.4) is 0 Å². The molecule has 2 N–H and O–H groups in total. The molecule has 0 radical (unpaired) electrons. The number of benzene rings is 2. The second-order valence-electron chi connectivity index (χ2n) is 6.34. The molecular weight excluding hydrogens is 345 g/mol. The summed E-state index contributed by atoms with van der Waals surface area (Å²) in [6.45, 7) is 4.60. The van der Waals surface area contributed by atoms with Crippen LogP contribution in [0.1, 0.15) is 35.8 Å². The van der Waals surface area contributed by atoms with Gasteiger partial charge in [-0.1, -0.05) is 29.8 Å². The van der Waals surface area contributed by atoms with Crippen molar-refractivity contribution < 1.29 is 13.9 Å². The molecule has 0 aliphatic rings. The lowest BCUT2D eigenvalue weighted by Gasteiger charge is -2.22. The molecule has 5 nitrogen and oxygen atoms in total. The van der Waals surface area contributed by atoms with Gasteiger partial charge in [-0.15, -0.1) is 0 Å². The summed E-state index contributed by atoms with van der Waals surface area (Å²) in [4.78, 5) is 4.28. The van der Waals surface area contributed by atoms with E-state index in [9.17, 15) is 4.39 Å². The highest BCUT2D eigenvalue weighted by molar-refractivity contribution is 5.80. The maximum Gasteiger partial charge on any atom is 0.191 e. The molecule has 2 aromatic carbocycles. The summed E-state index contributed by atoms with van der Waals surface area (Å²) in [5, 5.41) is 6.63. The normalized spacial score (nSPS) is 13.8. The van der Waals surface area contributed by atoms with Crippen molar-refractivity contribution in [3.05, 3.63) is 65.0 Å². The second-order valence-corrected chi connectivity index (χ2v) is 6.34. The van der Waals surface area contributed by atoms with Crippen molar-refractivity contribution in [3.8, 4) is 5.75 Å². The first-order chi connectivity index (χ1) is 13.0. The number of guanidine groups is 1. The molecule has 0 bridgehead atoms. The molecule has 27 heavy (non-hydrogen) atoms. The molecule has 0 saturated heterocycles. The number of rotatable bonds is 7. The van der Waals surface area contributed by atoms with E-state index in [0.717, 1.165) is 22.4 Å². The van der Waals surface area contributed by atoms with Crippen molar-refractivity contribution in [2.24, 2.45) is 4.99 Å². The fourth-order valence-corrected chi connectivity index (χ4v) is 2.87. The molecule has 146 valence electrons. The number of halogens is 1. The zero-order valence-corrected chi connectivity index (χ0v) is 16.5. The topological polar surface area (TPSA) is 54.9 Å². The minimum Gasteiger partial charge on any atom is -0.496 e. The average Bonchev–Trinajstić information content (AvgIpc) is 2.68. The van der Waals surface area contributed by atoms with Gasteiger partial charge in [0.15, 0.2) is 5.96 Å². The third kappa shape index (κ3) is 5.69. The van der Waals surface area contributed by atoms with Crippen molar-refractivity contribution in [2.75, 3.05) is 27.8 Å². The molecule has 2 atom stereocenters. The minimum absolute atomic E-state index is 0.00198. The Kier molecular flexibility index (Phi) is 7.61. The summed E-state index contributed by atoms with van der Waals surface area (Å²) in [5.74, 6) is 1.22. The predicted molar refractivity (Wildman–Crippen MR) is 107 cm³/mol. The lowest BCUT2D eigenvalue weighted by molar-refractivity contribution is 0.106. The van der Waals surface area contributed by atoms with Gasteiger partial charge in [0, 0.05) is 26.3 Å². The smallest absolute Gasteiger partial charge is 0.191 e. The summed E-state index contributed by atoms with van der Waals surface area (Å²) < 4.78 is 24.1. The Hall–Kier alpha value is -2.60. The van der Waals surface area contributed by atoms with Crippen LogP contribution in [0.15, 0.2) is 47.5 Å². The van der Waals surface area contributed by atoms with Crippen molar-refractivity contribution in [3.63, 3.8) is 0 Å². The second kappa shape index (κ2) is 9.92. The number of nitrogens with one attached hydrogen (secondary N) is 2. The van der Waals surface area contributed by atoms with Gasteiger partial charge in [0.1, 0.15) is 11.6 Å². The summed E-state index contributed by atoms with van der Waals surface area (Å²) >= 11 is 0. The van der Waals surface area contributed by atoms with E-state index in [-0.39, 0.29) is 18.0 Å². The first-order valence-corrected chi connectivity index (χ1v) is 8.88. The Labute approximate surface area is 160 Å². The number of ether oxygens (including phenoxy) is 2. The molecule has 0 saturated carbocycles. The van der Waals surface area contributed by atoms with Crippen molar-refractivity contribution in [1.82, 2.24) is 10.6 Å². The van der Waals surface area contributed by atoms with Crippen molar-refractivity contribution in [1.29, 1.82) is 0 Å². The fraction of sp³-hybridized carbons (Fsp3) is 0.381. The predicted octanol–water partition coefficient (Wildman–Crippen LogP) is 3.76. The van der Waals surface area contributed by atoms with Crippen LogP contribution in [-0.2, 0) is 4.74 Å². The Bertz CT molecular complexity index is 763. The van der Waals surface area contributed by atoms with Crippen molar-refractivity contribution in [2.45, 2.75) is 26.0 Å². The van der Waals surface area contributed by atoms with Crippen molar-refractivity contribution >= 4 is 5.96 Å². The number of methoxy groups -OCH3 is 2. The zero-order chi connectivity index (χ0) is 19.8. The van der Waals surface area contributed by atoms with E-state index < -0.39 is 0 Å². The van der Waals surface area contributed by atoms with Gasteiger partial charge in [0.2, 0.25) is 0 Å². The van der Waals surface area contributed by atoms with Crippen LogP contribution in [0.25, 0.3) is 0 Å². The van der Waals surface area contributed by atoms with Crippen LogP contribution < -0.4 is 15.4 Å². The van der Waals surface area contributed by atoms with E-state index in [1.807, 2.05) is 12.1 Å². The fourth-order valence-electron chi connectivity index (χ4n) is 2.87. The van der Waals surface area contributed by atoms with E-state index >= 15 is 0 Å². The molecule has 2 aromatic rings. The van der Waals surface area contributed by atoms with Gasteiger partial charge in [-0.05, 0) is 37.6 Å². The van der Waals surface area contributed by atoms with Crippen LogP contribution in [0, 0.1) is 12.7 Å². The zero-order valence-electron chi connectivity index (χ0n) is 16.5. The molecule has 6 heteroatoms. The van der Waals surface area contributed by atoms with Gasteiger partial charge in [0.05, 0.1) is 19.3 Å². The van der Waals surface area contributed by atoms with E-state index in [4.69, 9.17) is 9.47 Å². The molecule has 0 spiro atoms. The maximum atomic E-state index is 13.1. The standard InChI is InChI=1S/C21H28FN3O2/c1-14-6-11-19(26-4)18(12-14)15(2)25-21(23-3)24-13-20(27-5)16-7-9-17(22)10-8-16/h6-12,15,20H,13H2,1-5H3,(H2,23,24,25). The lowest BCUT2D eigenvalue weighted by Crippen LogP contribution is -2.40. The summed E-state index contributed by atoms with van der Waals surface area (Å²) in [6.07, 6.45) is -0.215. The molecular formula is C21H28FN3O2. The molecule has 0 aliphatic heterocycles. The Morgan fingerprint density at radius 2 is 1.85 bits per heavy atom. The van der Waals surface area contributed by atoms with Gasteiger partial charge in [-0.3, -0.25) is 4.99 Å². The quantitative estimate of drug-likeness (QED) is 0.573. The molecule has 0 fully saturated rings. The van der Waals surface area contributed by atoms with Crippen LogP contribution in [0.2, 0.25) is 0 Å². The third-order valence-corrected chi connectivity index (χ3v) is 4.41. The SMILES string of the molecule is CN=C(NCC(OC)c1ccc(F)cc1)NC(C)c1cc(C)ccc1OC. The van der Waals surface area contributed by atoms with E-state index in [2.05, 4.69) is 35.5 Å². The minimum atomic E-state index is -0.264. The summed E-state index contributed by atoms with van der Waals surface area (Å²) in [6, 6.07) is 12.4. The summed E-state index contributed by atoms with van der Waals surface area (Å²) in [5.41, 5.74) is 3.12. The number of nitrogens with zero attached hydrogens (tertiary/aromatic N) is 1. The Balaban J connectivity index is 2.02. The van der Waals surface area contributed by atoms with E-state index in [1.165, 1.54) is 12.1 Å². The van der Waals surface area contributed by atoms with Crippen LogP contribution in [-0.4, -0.2) is 33.8 Å². The lowest BCUT2D eigenvalue weighted by atomic mass is 10.0. The Morgan fingerprint density at radius 1 is 1.15 bits per heavy atom. The molecule has 0 amide bonds. The third-order valence-electron chi connectivity index (χ3n) is 4.41. The van der Waals surface area contributed by atoms with Gasteiger partial charge in [-0.2, -0.15) is 0 Å². The summed E-state index contributed by atoms with van der Waals surface area (Å²) in [7, 11) is 5.02. The molecule has 2 unspecified atom stereocenters. The first kappa shape index (κ1) is 20.7. The number of hydrogen-bond acceptors (Lipinski definition) is 3. The molecule has 2 rings (SSSR count). The van der Waals surface area contributed by atoms with Gasteiger partial charge < -0.3 is 20.1 Å². The number of aryl methyl sites for hydroxylation is 1. The van der Waals surface area contributed by atoms with Gasteiger partial charge >= 0.3 is 0 Å². The largest absolute Gasteiger partial charge is 0.496 e. The highest BCUT2D eigenvalue weighted by Gasteiger charge is 2.15. The van der Waals surface area contributed by atoms with E-state index in [0.29, 0.717) is 12.5 Å². The molecule has 0 aliphatic carbocycles. The van der Waals surface area contributed by atoms with Gasteiger partial charge in [0.25, 0.3) is 0 Å². The van der Waals surface area contributed by atoms with Crippen LogP contribution >= 0.6 is 0 Å². The highest BCUT2D eigenvalue weighted by Crippen LogP contribution is 2.26. The number of hydrogen-bond donors (Lipinski definition) is 2. The highest BCUT2D eigenvalue weighted by atomic mass is 19.1. The Morgan fingerprint density at radius 3 is 2.44 bits per heavy atom. The molecule has 0 aromatic heterocycles. The average molecular weight is 373 g/mol. The van der Waals surface area contributed by atoms with Crippen LogP contribution in [0.4, 0.5) is 4.39 Å². The van der Waals surface area contributed by atoms with Crippen LogP contribution in [0.5, 0.6) is 5.75 Å². The first-order valence-electron chi connectivity index (χ1n) is 8.88. The number of aliphatic imine (C=N–C) groups is 1. The van der Waals surface area contributed by atoms with Gasteiger partial charge in [-0.25, -0.2) is 4.39 Å². The monoisotopic (exact) mass is 373 g/mol. The van der Waals surface area contributed by atoms with E-state index in [1.54, 1.807) is 33.4 Å².